The van der Waals surface area contributed by atoms with Crippen LogP contribution in [0.25, 0.3) is 0 Å². The summed E-state index contributed by atoms with van der Waals surface area (Å²) in [7, 11) is 1.44. The third-order valence-electron chi connectivity index (χ3n) is 4.33. The molecule has 2 aliphatic heterocycles. The first kappa shape index (κ1) is 14.4. The monoisotopic (exact) mass is 289 g/mol. The van der Waals surface area contributed by atoms with Crippen molar-refractivity contribution < 1.29 is 9.53 Å². The Morgan fingerprint density at radius 3 is 2.81 bits per heavy atom. The van der Waals surface area contributed by atoms with Crippen molar-refractivity contribution in [3.8, 4) is 0 Å². The van der Waals surface area contributed by atoms with Crippen molar-refractivity contribution in [2.24, 2.45) is 0 Å². The summed E-state index contributed by atoms with van der Waals surface area (Å²) in [6.07, 6.45) is 0.686. The molecule has 2 aliphatic rings. The van der Waals surface area contributed by atoms with Gasteiger partial charge in [0.15, 0.2) is 0 Å². The fourth-order valence-electron chi connectivity index (χ4n) is 3.12. The molecule has 1 aromatic rings. The van der Waals surface area contributed by atoms with E-state index in [1.165, 1.54) is 23.8 Å². The van der Waals surface area contributed by atoms with Gasteiger partial charge in [-0.2, -0.15) is 0 Å². The van der Waals surface area contributed by atoms with Gasteiger partial charge in [-0.15, -0.1) is 0 Å². The maximum atomic E-state index is 11.6. The zero-order valence-corrected chi connectivity index (χ0v) is 12.6. The first-order valence-corrected chi connectivity index (χ1v) is 7.63. The Hall–Kier alpha value is -1.59. The van der Waals surface area contributed by atoms with Crippen molar-refractivity contribution in [2.75, 3.05) is 39.8 Å². The molecule has 114 valence electrons. The van der Waals surface area contributed by atoms with E-state index < -0.39 is 0 Å². The lowest BCUT2D eigenvalue weighted by molar-refractivity contribution is 0.118. The normalized spacial score (nSPS) is 19.2. The lowest BCUT2D eigenvalue weighted by atomic mass is 9.97. The Morgan fingerprint density at radius 2 is 2.05 bits per heavy atom. The quantitative estimate of drug-likeness (QED) is 0.889. The van der Waals surface area contributed by atoms with Crippen LogP contribution in [0.2, 0.25) is 0 Å². The van der Waals surface area contributed by atoms with Crippen LogP contribution in [0, 0.1) is 0 Å². The Labute approximate surface area is 125 Å². The molecule has 0 saturated carbocycles. The van der Waals surface area contributed by atoms with Crippen LogP contribution in [0.15, 0.2) is 18.2 Å². The van der Waals surface area contributed by atoms with Crippen molar-refractivity contribution in [3.63, 3.8) is 0 Å². The molecule has 0 unspecified atom stereocenters. The van der Waals surface area contributed by atoms with Crippen LogP contribution in [-0.2, 0) is 24.2 Å². The summed E-state index contributed by atoms with van der Waals surface area (Å²) in [5.74, 6) is 0. The Morgan fingerprint density at radius 1 is 1.24 bits per heavy atom. The highest BCUT2D eigenvalue weighted by Crippen LogP contribution is 2.21. The second-order valence-corrected chi connectivity index (χ2v) is 5.77. The summed E-state index contributed by atoms with van der Waals surface area (Å²) < 4.78 is 4.80. The number of carbonyl (C=O) groups excluding carboxylic acids is 1. The number of ether oxygens (including phenoxy) is 1. The number of piperazine rings is 1. The van der Waals surface area contributed by atoms with Crippen LogP contribution in [0.3, 0.4) is 0 Å². The molecule has 2 heterocycles. The molecule has 0 aromatic heterocycles. The lowest BCUT2D eigenvalue weighted by Crippen LogP contribution is -2.42. The van der Waals surface area contributed by atoms with Crippen molar-refractivity contribution in [3.05, 3.63) is 34.9 Å². The number of hydrogen-bond donors (Lipinski definition) is 1. The fourth-order valence-corrected chi connectivity index (χ4v) is 3.12. The highest BCUT2D eigenvalue weighted by molar-refractivity contribution is 5.68. The van der Waals surface area contributed by atoms with Crippen molar-refractivity contribution in [1.29, 1.82) is 0 Å². The van der Waals surface area contributed by atoms with E-state index in [1.807, 2.05) is 0 Å². The zero-order valence-electron chi connectivity index (χ0n) is 12.6. The van der Waals surface area contributed by atoms with Crippen LogP contribution in [0.5, 0.6) is 0 Å². The zero-order chi connectivity index (χ0) is 14.7. The Bertz CT molecular complexity index is 512. The van der Waals surface area contributed by atoms with E-state index in [4.69, 9.17) is 4.74 Å². The molecule has 1 saturated heterocycles. The molecule has 0 atom stereocenters. The molecule has 1 aromatic carbocycles. The molecular formula is C16H23N3O2. The second kappa shape index (κ2) is 6.45. The van der Waals surface area contributed by atoms with Gasteiger partial charge < -0.3 is 15.0 Å². The van der Waals surface area contributed by atoms with Gasteiger partial charge in [0.05, 0.1) is 7.11 Å². The van der Waals surface area contributed by atoms with E-state index in [2.05, 4.69) is 28.4 Å². The maximum Gasteiger partial charge on any atom is 0.409 e. The van der Waals surface area contributed by atoms with Gasteiger partial charge in [0, 0.05) is 45.8 Å². The summed E-state index contributed by atoms with van der Waals surface area (Å²) in [5.41, 5.74) is 4.00. The first-order chi connectivity index (χ1) is 10.3. The third-order valence-corrected chi connectivity index (χ3v) is 4.33. The summed E-state index contributed by atoms with van der Waals surface area (Å²) >= 11 is 0. The van der Waals surface area contributed by atoms with Crippen molar-refractivity contribution in [2.45, 2.75) is 19.5 Å². The number of benzene rings is 1. The summed E-state index contributed by atoms with van der Waals surface area (Å²) in [5, 5.41) is 3.38. The van der Waals surface area contributed by atoms with E-state index in [0.29, 0.717) is 6.54 Å². The minimum Gasteiger partial charge on any atom is -0.453 e. The second-order valence-electron chi connectivity index (χ2n) is 5.77. The highest BCUT2D eigenvalue weighted by Gasteiger charge is 2.21. The molecule has 1 fully saturated rings. The average Bonchev–Trinajstić information content (AvgIpc) is 2.54. The first-order valence-electron chi connectivity index (χ1n) is 7.63. The van der Waals surface area contributed by atoms with Gasteiger partial charge in [0.2, 0.25) is 0 Å². The number of rotatable bonds is 2. The smallest absolute Gasteiger partial charge is 0.409 e. The highest BCUT2D eigenvalue weighted by atomic mass is 16.5. The number of amides is 1. The predicted molar refractivity (Wildman–Crippen MR) is 81.1 cm³/mol. The molecular weight excluding hydrogens is 266 g/mol. The fraction of sp³-hybridized carbons (Fsp3) is 0.562. The standard InChI is InChI=1S/C16H23N3O2/c1-21-16(20)19-7-4-14-10-13(2-3-15(14)12-19)11-18-8-5-17-6-9-18/h2-3,10,17H,4-9,11-12H2,1H3. The van der Waals surface area contributed by atoms with Crippen molar-refractivity contribution >= 4 is 6.09 Å². The molecule has 0 spiro atoms. The molecule has 1 N–H and O–H groups in total. The SMILES string of the molecule is COC(=O)N1CCc2cc(CN3CCNCC3)ccc2C1. The number of carbonyl (C=O) groups is 1. The van der Waals surface area contributed by atoms with Gasteiger partial charge in [-0.05, 0) is 23.1 Å². The minimum absolute atomic E-state index is 0.231. The molecule has 0 bridgehead atoms. The van der Waals surface area contributed by atoms with Gasteiger partial charge >= 0.3 is 6.09 Å². The van der Waals surface area contributed by atoms with Crippen LogP contribution in [0.1, 0.15) is 16.7 Å². The van der Waals surface area contributed by atoms with E-state index >= 15 is 0 Å². The predicted octanol–water partition coefficient (Wildman–Crippen LogP) is 1.22. The number of hydrogen-bond acceptors (Lipinski definition) is 4. The maximum absolute atomic E-state index is 11.6. The number of nitrogens with zero attached hydrogens (tertiary/aromatic N) is 2. The molecule has 0 aliphatic carbocycles. The number of fused-ring (bicyclic) bond motifs is 1. The van der Waals surface area contributed by atoms with Gasteiger partial charge in [-0.25, -0.2) is 4.79 Å². The van der Waals surface area contributed by atoms with E-state index in [0.717, 1.165) is 45.7 Å². The molecule has 1 amide bonds. The Kier molecular flexibility index (Phi) is 4.41. The topological polar surface area (TPSA) is 44.8 Å². The van der Waals surface area contributed by atoms with Crippen LogP contribution < -0.4 is 5.32 Å². The summed E-state index contributed by atoms with van der Waals surface area (Å²) in [6.45, 7) is 6.83. The van der Waals surface area contributed by atoms with Crippen molar-refractivity contribution in [1.82, 2.24) is 15.1 Å². The lowest BCUT2D eigenvalue weighted by Gasteiger charge is -2.29. The van der Waals surface area contributed by atoms with E-state index in [9.17, 15) is 4.79 Å². The molecule has 5 nitrogen and oxygen atoms in total. The van der Waals surface area contributed by atoms with Crippen LogP contribution in [0.4, 0.5) is 4.79 Å². The molecule has 0 radical (unpaired) electrons. The molecule has 5 heteroatoms. The van der Waals surface area contributed by atoms with Gasteiger partial charge in [-0.3, -0.25) is 4.90 Å². The average molecular weight is 289 g/mol. The van der Waals surface area contributed by atoms with Gasteiger partial charge in [0.1, 0.15) is 0 Å². The summed E-state index contributed by atoms with van der Waals surface area (Å²) in [6, 6.07) is 6.68. The van der Waals surface area contributed by atoms with E-state index in [1.54, 1.807) is 4.90 Å². The van der Waals surface area contributed by atoms with Gasteiger partial charge in [-0.1, -0.05) is 18.2 Å². The van der Waals surface area contributed by atoms with E-state index in [-0.39, 0.29) is 6.09 Å². The summed E-state index contributed by atoms with van der Waals surface area (Å²) in [4.78, 5) is 15.8. The number of nitrogens with one attached hydrogen (secondary N) is 1. The minimum atomic E-state index is -0.231. The third kappa shape index (κ3) is 3.36. The molecule has 21 heavy (non-hydrogen) atoms. The molecule has 3 rings (SSSR count). The number of methoxy groups -OCH3 is 1. The largest absolute Gasteiger partial charge is 0.453 e. The van der Waals surface area contributed by atoms with Crippen LogP contribution >= 0.6 is 0 Å². The van der Waals surface area contributed by atoms with Gasteiger partial charge in [0.25, 0.3) is 0 Å². The van der Waals surface area contributed by atoms with Crippen LogP contribution in [-0.4, -0.2) is 55.7 Å². The Balaban J connectivity index is 1.66.